The SMILES string of the molecule is CN=C(NCc1cccc(C(=O)NC(C)(C)C)c1)N(C)Cc1ncc(-c2ccccc2)[nH]1.I. The molecule has 8 heteroatoms. The zero-order valence-corrected chi connectivity index (χ0v) is 22.2. The third-order valence-corrected chi connectivity index (χ3v) is 4.80. The molecule has 0 aliphatic rings. The second kappa shape index (κ2) is 11.8. The minimum absolute atomic E-state index is 0. The summed E-state index contributed by atoms with van der Waals surface area (Å²) in [5.74, 6) is 1.52. The van der Waals surface area contributed by atoms with Crippen molar-refractivity contribution in [2.24, 2.45) is 4.99 Å². The molecule has 176 valence electrons. The largest absolute Gasteiger partial charge is 0.352 e. The maximum absolute atomic E-state index is 12.4. The number of aliphatic imine (C=N–C) groups is 1. The first-order valence-electron chi connectivity index (χ1n) is 10.7. The Kier molecular flexibility index (Phi) is 9.45. The molecule has 0 fully saturated rings. The summed E-state index contributed by atoms with van der Waals surface area (Å²) in [7, 11) is 3.72. The van der Waals surface area contributed by atoms with Crippen LogP contribution in [0.1, 0.15) is 42.5 Å². The van der Waals surface area contributed by atoms with E-state index in [2.05, 4.69) is 37.7 Å². The van der Waals surface area contributed by atoms with Crippen LogP contribution in [0.5, 0.6) is 0 Å². The molecule has 1 heterocycles. The number of guanidine groups is 1. The van der Waals surface area contributed by atoms with Crippen LogP contribution in [-0.4, -0.2) is 46.4 Å². The molecule has 7 nitrogen and oxygen atoms in total. The summed E-state index contributed by atoms with van der Waals surface area (Å²) in [6.07, 6.45) is 1.85. The van der Waals surface area contributed by atoms with E-state index in [9.17, 15) is 4.79 Å². The van der Waals surface area contributed by atoms with Crippen LogP contribution in [-0.2, 0) is 13.1 Å². The summed E-state index contributed by atoms with van der Waals surface area (Å²) >= 11 is 0. The number of hydrogen-bond donors (Lipinski definition) is 3. The van der Waals surface area contributed by atoms with Gasteiger partial charge in [-0.2, -0.15) is 0 Å². The molecular formula is C25H33IN6O. The fourth-order valence-corrected chi connectivity index (χ4v) is 3.31. The number of H-pyrrole nitrogens is 1. The van der Waals surface area contributed by atoms with E-state index < -0.39 is 0 Å². The Morgan fingerprint density at radius 1 is 1.12 bits per heavy atom. The van der Waals surface area contributed by atoms with Crippen molar-refractivity contribution in [2.45, 2.75) is 39.4 Å². The van der Waals surface area contributed by atoms with Gasteiger partial charge in [-0.1, -0.05) is 42.5 Å². The van der Waals surface area contributed by atoms with Gasteiger partial charge < -0.3 is 20.5 Å². The summed E-state index contributed by atoms with van der Waals surface area (Å²) in [4.78, 5) is 26.7. The molecule has 0 saturated carbocycles. The third kappa shape index (κ3) is 7.88. The van der Waals surface area contributed by atoms with Crippen molar-refractivity contribution in [3.05, 3.63) is 77.7 Å². The molecule has 1 aromatic heterocycles. The highest BCUT2D eigenvalue weighted by molar-refractivity contribution is 14.0. The van der Waals surface area contributed by atoms with E-state index >= 15 is 0 Å². The van der Waals surface area contributed by atoms with E-state index in [1.807, 2.05) is 81.4 Å². The summed E-state index contributed by atoms with van der Waals surface area (Å²) in [5, 5.41) is 6.36. The van der Waals surface area contributed by atoms with Crippen LogP contribution in [0.15, 0.2) is 65.8 Å². The summed E-state index contributed by atoms with van der Waals surface area (Å²) in [6, 6.07) is 17.7. The van der Waals surface area contributed by atoms with E-state index in [4.69, 9.17) is 0 Å². The maximum atomic E-state index is 12.4. The van der Waals surface area contributed by atoms with Crippen LogP contribution in [0.2, 0.25) is 0 Å². The number of halogens is 1. The smallest absolute Gasteiger partial charge is 0.251 e. The third-order valence-electron chi connectivity index (χ3n) is 4.80. The second-order valence-corrected chi connectivity index (χ2v) is 8.77. The monoisotopic (exact) mass is 560 g/mol. The number of nitrogens with zero attached hydrogens (tertiary/aromatic N) is 3. The molecular weight excluding hydrogens is 527 g/mol. The highest BCUT2D eigenvalue weighted by Crippen LogP contribution is 2.16. The summed E-state index contributed by atoms with van der Waals surface area (Å²) in [5.41, 5.74) is 3.47. The first-order valence-corrected chi connectivity index (χ1v) is 10.7. The van der Waals surface area contributed by atoms with Gasteiger partial charge in [0.1, 0.15) is 5.82 Å². The van der Waals surface area contributed by atoms with Crippen LogP contribution in [0.25, 0.3) is 11.3 Å². The zero-order chi connectivity index (χ0) is 23.1. The fourth-order valence-electron chi connectivity index (χ4n) is 3.31. The first-order chi connectivity index (χ1) is 15.2. The van der Waals surface area contributed by atoms with Gasteiger partial charge in [0.15, 0.2) is 5.96 Å². The Hall–Kier alpha value is -2.88. The van der Waals surface area contributed by atoms with E-state index in [0.29, 0.717) is 18.7 Å². The van der Waals surface area contributed by atoms with Crippen molar-refractivity contribution in [2.75, 3.05) is 14.1 Å². The number of amides is 1. The van der Waals surface area contributed by atoms with Crippen molar-refractivity contribution in [3.63, 3.8) is 0 Å². The van der Waals surface area contributed by atoms with Gasteiger partial charge in [0.25, 0.3) is 5.91 Å². The van der Waals surface area contributed by atoms with Gasteiger partial charge in [0.05, 0.1) is 18.4 Å². The van der Waals surface area contributed by atoms with Crippen LogP contribution in [0.4, 0.5) is 0 Å². The van der Waals surface area contributed by atoms with Crippen molar-refractivity contribution in [1.29, 1.82) is 0 Å². The van der Waals surface area contributed by atoms with Crippen LogP contribution in [0, 0.1) is 0 Å². The lowest BCUT2D eigenvalue weighted by atomic mass is 10.1. The normalized spacial score (nSPS) is 11.5. The number of carbonyl (C=O) groups excluding carboxylic acids is 1. The highest BCUT2D eigenvalue weighted by atomic mass is 127. The van der Waals surface area contributed by atoms with Crippen LogP contribution >= 0.6 is 24.0 Å². The Morgan fingerprint density at radius 2 is 1.85 bits per heavy atom. The molecule has 2 aromatic carbocycles. The number of benzene rings is 2. The van der Waals surface area contributed by atoms with Gasteiger partial charge in [-0.05, 0) is 44.0 Å². The van der Waals surface area contributed by atoms with Gasteiger partial charge >= 0.3 is 0 Å². The topological polar surface area (TPSA) is 85.4 Å². The lowest BCUT2D eigenvalue weighted by molar-refractivity contribution is 0.0919. The van der Waals surface area contributed by atoms with E-state index in [-0.39, 0.29) is 35.4 Å². The minimum Gasteiger partial charge on any atom is -0.352 e. The Morgan fingerprint density at radius 3 is 2.52 bits per heavy atom. The average molecular weight is 560 g/mol. The van der Waals surface area contributed by atoms with Crippen molar-refractivity contribution in [3.8, 4) is 11.3 Å². The predicted molar refractivity (Wildman–Crippen MR) is 145 cm³/mol. The maximum Gasteiger partial charge on any atom is 0.251 e. The Bertz CT molecular complexity index is 1070. The van der Waals surface area contributed by atoms with Crippen molar-refractivity contribution >= 4 is 35.8 Å². The molecule has 1 amide bonds. The summed E-state index contributed by atoms with van der Waals surface area (Å²) in [6.45, 7) is 7.05. The quantitative estimate of drug-likeness (QED) is 0.237. The molecule has 0 unspecified atom stereocenters. The van der Waals surface area contributed by atoms with Crippen molar-refractivity contribution in [1.82, 2.24) is 25.5 Å². The van der Waals surface area contributed by atoms with Crippen LogP contribution in [0.3, 0.4) is 0 Å². The zero-order valence-electron chi connectivity index (χ0n) is 19.8. The molecule has 0 atom stereocenters. The highest BCUT2D eigenvalue weighted by Gasteiger charge is 2.16. The molecule has 33 heavy (non-hydrogen) atoms. The number of aromatic amines is 1. The minimum atomic E-state index is -0.275. The van der Waals surface area contributed by atoms with E-state index in [0.717, 1.165) is 28.6 Å². The number of nitrogens with one attached hydrogen (secondary N) is 3. The number of carbonyl (C=O) groups is 1. The Labute approximate surface area is 213 Å². The van der Waals surface area contributed by atoms with Gasteiger partial charge in [0.2, 0.25) is 0 Å². The van der Waals surface area contributed by atoms with Gasteiger partial charge in [-0.15, -0.1) is 24.0 Å². The standard InChI is InChI=1S/C25H32N6O.HI/c1-25(2,3)30-23(32)20-13-9-10-18(14-20)15-28-24(26-4)31(5)17-22-27-16-21(29-22)19-11-7-6-8-12-19;/h6-14,16H,15,17H2,1-5H3,(H,26,28)(H,27,29)(H,30,32);1H. The average Bonchev–Trinajstić information content (AvgIpc) is 3.22. The molecule has 0 saturated heterocycles. The molecule has 3 rings (SSSR count). The fraction of sp³-hybridized carbons (Fsp3) is 0.320. The van der Waals surface area contributed by atoms with Gasteiger partial charge in [-0.3, -0.25) is 9.79 Å². The molecule has 0 spiro atoms. The van der Waals surface area contributed by atoms with E-state index in [1.165, 1.54) is 0 Å². The molecule has 0 bridgehead atoms. The van der Waals surface area contributed by atoms with Gasteiger partial charge in [-0.25, -0.2) is 4.98 Å². The lowest BCUT2D eigenvalue weighted by Gasteiger charge is -2.22. The van der Waals surface area contributed by atoms with E-state index in [1.54, 1.807) is 7.05 Å². The molecule has 3 N–H and O–H groups in total. The molecule has 0 aliphatic heterocycles. The number of imidazole rings is 1. The van der Waals surface area contributed by atoms with Gasteiger partial charge in [0, 0.05) is 31.7 Å². The molecule has 0 aliphatic carbocycles. The summed E-state index contributed by atoms with van der Waals surface area (Å²) < 4.78 is 0. The number of rotatable bonds is 6. The molecule has 3 aromatic rings. The Balaban J connectivity index is 0.00000385. The number of aromatic nitrogens is 2. The number of hydrogen-bond acceptors (Lipinski definition) is 3. The lowest BCUT2D eigenvalue weighted by Crippen LogP contribution is -2.40. The molecule has 0 radical (unpaired) electrons. The van der Waals surface area contributed by atoms with Crippen molar-refractivity contribution < 1.29 is 4.79 Å². The first kappa shape index (κ1) is 26.4. The second-order valence-electron chi connectivity index (χ2n) is 8.77. The predicted octanol–water partition coefficient (Wildman–Crippen LogP) is 4.43. The van der Waals surface area contributed by atoms with Crippen LogP contribution < -0.4 is 10.6 Å².